The van der Waals surface area contributed by atoms with Crippen molar-refractivity contribution in [2.24, 2.45) is 0 Å². The molecule has 2 rings (SSSR count). The summed E-state index contributed by atoms with van der Waals surface area (Å²) >= 11 is 0. The average molecular weight is 268 g/mol. The second kappa shape index (κ2) is 8.75. The number of carbonyl (C=O) groups is 1. The van der Waals surface area contributed by atoms with Crippen LogP contribution < -0.4 is 4.74 Å². The predicted molar refractivity (Wildman–Crippen MR) is 78.2 cm³/mol. The van der Waals surface area contributed by atoms with Gasteiger partial charge in [-0.25, -0.2) is 0 Å². The van der Waals surface area contributed by atoms with Crippen LogP contribution in [0.1, 0.15) is 13.0 Å². The van der Waals surface area contributed by atoms with Crippen LogP contribution in [0.3, 0.4) is 0 Å². The summed E-state index contributed by atoms with van der Waals surface area (Å²) < 4.78 is 5.61. The van der Waals surface area contributed by atoms with Gasteiger partial charge in [-0.1, -0.05) is 37.8 Å². The van der Waals surface area contributed by atoms with E-state index in [1.807, 2.05) is 30.3 Å². The third kappa shape index (κ3) is 5.92. The number of carboxylic acids is 1. The molecule has 4 heteroatoms. The second-order valence-electron chi connectivity index (χ2n) is 3.63. The van der Waals surface area contributed by atoms with Gasteiger partial charge in [0.1, 0.15) is 11.5 Å². The quantitative estimate of drug-likeness (QED) is 0.867. The molecule has 0 aliphatic rings. The summed E-state index contributed by atoms with van der Waals surface area (Å²) in [5.41, 5.74) is 0.728. The fourth-order valence-corrected chi connectivity index (χ4v) is 1.52. The third-order valence-corrected chi connectivity index (χ3v) is 2.23. The summed E-state index contributed by atoms with van der Waals surface area (Å²) in [6, 6.07) is 16.5. The molecule has 0 saturated heterocycles. The Labute approximate surface area is 135 Å². The molecule has 0 aliphatic carbocycles. The maximum atomic E-state index is 10.6. The molecule has 0 atom stereocenters. The van der Waals surface area contributed by atoms with Gasteiger partial charge in [0.05, 0.1) is 6.42 Å². The van der Waals surface area contributed by atoms with Gasteiger partial charge in [-0.05, 0) is 29.8 Å². The van der Waals surface area contributed by atoms with Crippen LogP contribution in [0.4, 0.5) is 0 Å². The Morgan fingerprint density at radius 1 is 1.00 bits per heavy atom. The molecule has 2 aromatic carbocycles. The van der Waals surface area contributed by atoms with E-state index < -0.39 is 5.97 Å². The van der Waals surface area contributed by atoms with Gasteiger partial charge in [-0.2, -0.15) is 0 Å². The molecule has 19 heavy (non-hydrogen) atoms. The van der Waals surface area contributed by atoms with Crippen molar-refractivity contribution < 1.29 is 14.6 Å². The van der Waals surface area contributed by atoms with Crippen LogP contribution >= 0.6 is 0 Å². The maximum absolute atomic E-state index is 10.6. The van der Waals surface area contributed by atoms with Gasteiger partial charge >= 0.3 is 35.5 Å². The summed E-state index contributed by atoms with van der Waals surface area (Å²) in [7, 11) is 0. The van der Waals surface area contributed by atoms with Crippen LogP contribution in [0.2, 0.25) is 0 Å². The van der Waals surface area contributed by atoms with Crippen molar-refractivity contribution in [1.82, 2.24) is 0 Å². The normalized spacial score (nSPS) is 8.84. The van der Waals surface area contributed by atoms with E-state index >= 15 is 0 Å². The van der Waals surface area contributed by atoms with E-state index in [4.69, 9.17) is 9.84 Å². The van der Waals surface area contributed by atoms with E-state index in [1.54, 1.807) is 24.3 Å². The number of aliphatic carboxylic acids is 1. The molecule has 1 N–H and O–H groups in total. The molecule has 0 spiro atoms. The number of ether oxygens (including phenoxy) is 1. The number of benzene rings is 2. The third-order valence-electron chi connectivity index (χ3n) is 2.23. The van der Waals surface area contributed by atoms with E-state index in [2.05, 4.69) is 0 Å². The zero-order chi connectivity index (χ0) is 12.1. The minimum atomic E-state index is -0.845. The molecular formula is C15H17NaO3. The SMILES string of the molecule is C.O=C(O)Cc1cccc(Oc2ccccc2)c1.[NaH]. The van der Waals surface area contributed by atoms with E-state index in [-0.39, 0.29) is 43.4 Å². The molecule has 2 aromatic rings. The van der Waals surface area contributed by atoms with Crippen LogP contribution in [0.15, 0.2) is 54.6 Å². The Bertz CT molecular complexity index is 512. The Balaban J connectivity index is 0.00000162. The number of carboxylic acid groups (broad SMARTS) is 1. The number of hydrogen-bond donors (Lipinski definition) is 1. The Morgan fingerprint density at radius 2 is 1.63 bits per heavy atom. The molecule has 0 saturated carbocycles. The summed E-state index contributed by atoms with van der Waals surface area (Å²) in [5.74, 6) is 0.539. The molecule has 0 fully saturated rings. The molecule has 0 aromatic heterocycles. The molecule has 0 unspecified atom stereocenters. The Hall–Kier alpha value is -1.29. The van der Waals surface area contributed by atoms with Gasteiger partial charge in [-0.15, -0.1) is 0 Å². The van der Waals surface area contributed by atoms with Crippen LogP contribution in [0.25, 0.3) is 0 Å². The summed E-state index contributed by atoms with van der Waals surface area (Å²) in [4.78, 5) is 10.6. The molecule has 0 radical (unpaired) electrons. The topological polar surface area (TPSA) is 46.5 Å². The van der Waals surface area contributed by atoms with Crippen molar-refractivity contribution in [3.05, 3.63) is 60.2 Å². The van der Waals surface area contributed by atoms with Crippen LogP contribution in [-0.2, 0) is 11.2 Å². The van der Waals surface area contributed by atoms with Crippen molar-refractivity contribution >= 4 is 35.5 Å². The zero-order valence-corrected chi connectivity index (χ0v) is 9.17. The second-order valence-corrected chi connectivity index (χ2v) is 3.63. The van der Waals surface area contributed by atoms with Crippen molar-refractivity contribution in [2.45, 2.75) is 13.8 Å². The van der Waals surface area contributed by atoms with Gasteiger partial charge in [0.2, 0.25) is 0 Å². The van der Waals surface area contributed by atoms with Gasteiger partial charge < -0.3 is 9.84 Å². The first-order valence-electron chi connectivity index (χ1n) is 5.28. The summed E-state index contributed by atoms with van der Waals surface area (Å²) in [6.07, 6.45) is 0.00594. The fraction of sp³-hybridized carbons (Fsp3) is 0.133. The van der Waals surface area contributed by atoms with E-state index in [9.17, 15) is 4.79 Å². The fourth-order valence-electron chi connectivity index (χ4n) is 1.52. The van der Waals surface area contributed by atoms with Gasteiger partial charge in [0.15, 0.2) is 0 Å². The molecule has 0 bridgehead atoms. The minimum absolute atomic E-state index is 0. The van der Waals surface area contributed by atoms with Crippen LogP contribution in [0, 0.1) is 0 Å². The number of rotatable bonds is 4. The molecule has 0 heterocycles. The van der Waals surface area contributed by atoms with Crippen LogP contribution in [0.5, 0.6) is 11.5 Å². The Morgan fingerprint density at radius 3 is 2.26 bits per heavy atom. The predicted octanol–water partition coefficient (Wildman–Crippen LogP) is 3.09. The van der Waals surface area contributed by atoms with Gasteiger partial charge in [0, 0.05) is 0 Å². The van der Waals surface area contributed by atoms with E-state index in [1.165, 1.54) is 0 Å². The first kappa shape index (κ1) is 17.7. The van der Waals surface area contributed by atoms with Crippen molar-refractivity contribution in [3.63, 3.8) is 0 Å². The first-order valence-corrected chi connectivity index (χ1v) is 5.28. The Kier molecular flexibility index (Phi) is 8.16. The molecule has 96 valence electrons. The summed E-state index contributed by atoms with van der Waals surface area (Å²) in [5, 5.41) is 8.71. The van der Waals surface area contributed by atoms with Crippen molar-refractivity contribution in [1.29, 1.82) is 0 Å². The standard InChI is InChI=1S/C14H12O3.CH4.Na.H/c15-14(16)10-11-5-4-8-13(9-11)17-12-6-2-1-3-7-12;;;/h1-9H,10H2,(H,15,16);1H4;;. The molecule has 3 nitrogen and oxygen atoms in total. The zero-order valence-electron chi connectivity index (χ0n) is 9.17. The van der Waals surface area contributed by atoms with Gasteiger partial charge in [-0.3, -0.25) is 4.79 Å². The molecular weight excluding hydrogens is 251 g/mol. The molecule has 0 aliphatic heterocycles. The van der Waals surface area contributed by atoms with E-state index in [0.29, 0.717) is 5.75 Å². The van der Waals surface area contributed by atoms with Gasteiger partial charge in [0.25, 0.3) is 0 Å². The molecule has 0 amide bonds. The van der Waals surface area contributed by atoms with E-state index in [0.717, 1.165) is 11.3 Å². The first-order chi connectivity index (χ1) is 8.24. The summed E-state index contributed by atoms with van der Waals surface area (Å²) in [6.45, 7) is 0. The average Bonchev–Trinajstić information content (AvgIpc) is 2.30. The number of para-hydroxylation sites is 1. The van der Waals surface area contributed by atoms with Crippen molar-refractivity contribution in [3.8, 4) is 11.5 Å². The van der Waals surface area contributed by atoms with Crippen molar-refractivity contribution in [2.75, 3.05) is 0 Å². The monoisotopic (exact) mass is 268 g/mol. The van der Waals surface area contributed by atoms with Crippen LogP contribution in [-0.4, -0.2) is 40.6 Å². The number of hydrogen-bond acceptors (Lipinski definition) is 2.